The summed E-state index contributed by atoms with van der Waals surface area (Å²) in [5.41, 5.74) is 1.63. The first-order valence-corrected chi connectivity index (χ1v) is 10.9. The van der Waals surface area contributed by atoms with E-state index < -0.39 is 34.9 Å². The van der Waals surface area contributed by atoms with Crippen molar-refractivity contribution in [3.63, 3.8) is 0 Å². The maximum atomic E-state index is 12.6. The molecule has 3 atom stereocenters. The Kier molecular flexibility index (Phi) is 7.27. The first-order chi connectivity index (χ1) is 14.4. The van der Waals surface area contributed by atoms with Crippen LogP contribution < -0.4 is 10.0 Å². The zero-order chi connectivity index (χ0) is 21.6. The van der Waals surface area contributed by atoms with Crippen molar-refractivity contribution >= 4 is 15.9 Å². The molecule has 1 aromatic carbocycles. The topological polar surface area (TPSA) is 131 Å². The molecular weight excluding hydrogens is 408 g/mol. The van der Waals surface area contributed by atoms with Crippen LogP contribution in [0.15, 0.2) is 59.9 Å². The largest absolute Gasteiger partial charge is 0.394 e. The molecule has 0 bridgehead atoms. The minimum absolute atomic E-state index is 0.0372. The van der Waals surface area contributed by atoms with Gasteiger partial charge in [-0.1, -0.05) is 29.8 Å². The van der Waals surface area contributed by atoms with E-state index in [2.05, 4.69) is 20.0 Å². The molecule has 2 aromatic rings. The number of aryl methyl sites for hydroxylation is 1. The molecule has 30 heavy (non-hydrogen) atoms. The molecule has 0 spiro atoms. The van der Waals surface area contributed by atoms with Gasteiger partial charge >= 0.3 is 0 Å². The summed E-state index contributed by atoms with van der Waals surface area (Å²) in [6, 6.07) is 7.40. The predicted octanol–water partition coefficient (Wildman–Crippen LogP) is 0.454. The summed E-state index contributed by atoms with van der Waals surface area (Å²) in [6.45, 7) is 1.73. The van der Waals surface area contributed by atoms with Crippen LogP contribution in [0.25, 0.3) is 0 Å². The van der Waals surface area contributed by atoms with Crippen LogP contribution in [-0.2, 0) is 26.1 Å². The molecule has 0 unspecified atom stereocenters. The fraction of sp³-hybridized carbons (Fsp3) is 0.350. The lowest BCUT2D eigenvalue weighted by Gasteiger charge is -2.31. The lowest BCUT2D eigenvalue weighted by atomic mass is 10.1. The second-order valence-electron chi connectivity index (χ2n) is 6.92. The molecule has 1 amide bonds. The average molecular weight is 433 g/mol. The third-order valence-corrected chi connectivity index (χ3v) is 6.06. The number of carbonyl (C=O) groups excluding carboxylic acids is 1. The number of aliphatic hydroxyl groups excluding tert-OH is 1. The molecule has 0 saturated carbocycles. The number of nitrogens with zero attached hydrogens (tertiary/aromatic N) is 2. The van der Waals surface area contributed by atoms with E-state index in [1.54, 1.807) is 36.5 Å². The summed E-state index contributed by atoms with van der Waals surface area (Å²) in [4.78, 5) is 20.1. The molecule has 1 aliphatic heterocycles. The van der Waals surface area contributed by atoms with Crippen molar-refractivity contribution in [1.82, 2.24) is 20.0 Å². The van der Waals surface area contributed by atoms with Gasteiger partial charge in [-0.05, 0) is 25.1 Å². The molecule has 2 heterocycles. The highest BCUT2D eigenvalue weighted by Gasteiger charge is 2.31. The van der Waals surface area contributed by atoms with Gasteiger partial charge in [0.05, 0.1) is 42.3 Å². The third-order valence-electron chi connectivity index (χ3n) is 4.58. The first kappa shape index (κ1) is 22.0. The minimum atomic E-state index is -3.78. The van der Waals surface area contributed by atoms with E-state index in [4.69, 9.17) is 4.74 Å². The van der Waals surface area contributed by atoms with Gasteiger partial charge in [-0.2, -0.15) is 0 Å². The second-order valence-corrected chi connectivity index (χ2v) is 8.64. The highest BCUT2D eigenvalue weighted by molar-refractivity contribution is 7.89. The van der Waals surface area contributed by atoms with E-state index in [1.165, 1.54) is 18.5 Å². The second kappa shape index (κ2) is 9.90. The maximum absolute atomic E-state index is 12.6. The first-order valence-electron chi connectivity index (χ1n) is 9.42. The van der Waals surface area contributed by atoms with Crippen molar-refractivity contribution in [3.8, 4) is 0 Å². The molecule has 0 aliphatic carbocycles. The number of hydrogen-bond acceptors (Lipinski definition) is 7. The Balaban J connectivity index is 1.58. The normalized spacial score (nSPS) is 21.3. The number of hydrogen-bond donors (Lipinski definition) is 3. The Hall–Kier alpha value is -2.66. The number of sulfonamides is 1. The van der Waals surface area contributed by atoms with E-state index in [1.807, 2.05) is 6.92 Å². The standard InChI is InChI=1S/C20H24N4O5S/c1-14-2-5-17(6-3-14)30(27,28)24-18-7-4-16(29-19(18)12-25)10-20(26)22-11-15-8-9-21-13-23-15/h2-9,13,16,18-19,24-25H,10-12H2,1H3,(H,22,26)/t16-,18-,19+/m0/s1. The van der Waals surface area contributed by atoms with Crippen LogP contribution in [0.1, 0.15) is 17.7 Å². The molecule has 9 nitrogen and oxygen atoms in total. The predicted molar refractivity (Wildman–Crippen MR) is 109 cm³/mol. The molecule has 0 saturated heterocycles. The monoisotopic (exact) mass is 432 g/mol. The average Bonchev–Trinajstić information content (AvgIpc) is 2.74. The van der Waals surface area contributed by atoms with Gasteiger partial charge in [0.15, 0.2) is 0 Å². The zero-order valence-corrected chi connectivity index (χ0v) is 17.2. The SMILES string of the molecule is Cc1ccc(S(=O)(=O)N[C@H]2C=C[C@@H](CC(=O)NCc3ccncn3)O[C@@H]2CO)cc1. The van der Waals surface area contributed by atoms with Crippen LogP contribution in [0.5, 0.6) is 0 Å². The smallest absolute Gasteiger partial charge is 0.241 e. The van der Waals surface area contributed by atoms with Crippen LogP contribution in [0.3, 0.4) is 0 Å². The Bertz CT molecular complexity index is 980. The van der Waals surface area contributed by atoms with Gasteiger partial charge in [0.25, 0.3) is 0 Å². The summed E-state index contributed by atoms with van der Waals surface area (Å²) in [5, 5.41) is 12.4. The molecule has 1 aromatic heterocycles. The van der Waals surface area contributed by atoms with Crippen molar-refractivity contribution in [2.24, 2.45) is 0 Å². The highest BCUT2D eigenvalue weighted by Crippen LogP contribution is 2.18. The Morgan fingerprint density at radius 3 is 2.63 bits per heavy atom. The summed E-state index contributed by atoms with van der Waals surface area (Å²) in [6.07, 6.45) is 4.87. The molecule has 0 radical (unpaired) electrons. The van der Waals surface area contributed by atoms with Gasteiger partial charge in [-0.25, -0.2) is 23.1 Å². The quantitative estimate of drug-likeness (QED) is 0.517. The molecule has 3 rings (SSSR count). The van der Waals surface area contributed by atoms with Crippen molar-refractivity contribution < 1.29 is 23.1 Å². The van der Waals surface area contributed by atoms with Gasteiger partial charge in [-0.15, -0.1) is 0 Å². The van der Waals surface area contributed by atoms with Crippen molar-refractivity contribution in [2.45, 2.75) is 43.0 Å². The maximum Gasteiger partial charge on any atom is 0.241 e. The molecule has 160 valence electrons. The van der Waals surface area contributed by atoms with Crippen LogP contribution in [-0.4, -0.2) is 54.3 Å². The van der Waals surface area contributed by atoms with Crippen LogP contribution >= 0.6 is 0 Å². The minimum Gasteiger partial charge on any atom is -0.394 e. The molecular formula is C20H24N4O5S. The van der Waals surface area contributed by atoms with E-state index >= 15 is 0 Å². The lowest BCUT2D eigenvalue weighted by Crippen LogP contribution is -2.49. The zero-order valence-electron chi connectivity index (χ0n) is 16.4. The van der Waals surface area contributed by atoms with E-state index in [0.29, 0.717) is 5.69 Å². The fourth-order valence-electron chi connectivity index (χ4n) is 2.94. The van der Waals surface area contributed by atoms with Crippen LogP contribution in [0.4, 0.5) is 0 Å². The fourth-order valence-corrected chi connectivity index (χ4v) is 4.16. The number of aliphatic hydroxyl groups is 1. The van der Waals surface area contributed by atoms with Crippen molar-refractivity contribution in [1.29, 1.82) is 0 Å². The van der Waals surface area contributed by atoms with Gasteiger partial charge in [0, 0.05) is 6.20 Å². The molecule has 1 aliphatic rings. The summed E-state index contributed by atoms with van der Waals surface area (Å²) < 4.78 is 33.5. The number of benzene rings is 1. The number of rotatable bonds is 8. The molecule has 3 N–H and O–H groups in total. The Morgan fingerprint density at radius 2 is 1.97 bits per heavy atom. The van der Waals surface area contributed by atoms with Crippen molar-refractivity contribution in [3.05, 3.63) is 66.3 Å². The lowest BCUT2D eigenvalue weighted by molar-refractivity contribution is -0.125. The summed E-state index contributed by atoms with van der Waals surface area (Å²) >= 11 is 0. The van der Waals surface area contributed by atoms with Gasteiger partial charge < -0.3 is 15.2 Å². The number of aromatic nitrogens is 2. The Labute approximate surface area is 175 Å². The Morgan fingerprint density at radius 1 is 1.20 bits per heavy atom. The van der Waals surface area contributed by atoms with Crippen LogP contribution in [0.2, 0.25) is 0 Å². The molecule has 0 fully saturated rings. The number of amides is 1. The van der Waals surface area contributed by atoms with Crippen LogP contribution in [0, 0.1) is 6.92 Å². The number of carbonyl (C=O) groups is 1. The van der Waals surface area contributed by atoms with E-state index in [9.17, 15) is 18.3 Å². The van der Waals surface area contributed by atoms with E-state index in [0.717, 1.165) is 5.56 Å². The summed E-state index contributed by atoms with van der Waals surface area (Å²) in [5.74, 6) is -0.251. The van der Waals surface area contributed by atoms with Gasteiger partial charge in [0.2, 0.25) is 15.9 Å². The summed E-state index contributed by atoms with van der Waals surface area (Å²) in [7, 11) is -3.78. The highest BCUT2D eigenvalue weighted by atomic mass is 32.2. The van der Waals surface area contributed by atoms with Gasteiger partial charge in [-0.3, -0.25) is 4.79 Å². The van der Waals surface area contributed by atoms with Gasteiger partial charge in [0.1, 0.15) is 12.4 Å². The number of ether oxygens (including phenoxy) is 1. The number of nitrogens with one attached hydrogen (secondary N) is 2. The van der Waals surface area contributed by atoms with E-state index in [-0.39, 0.29) is 23.8 Å². The van der Waals surface area contributed by atoms with Crippen molar-refractivity contribution in [2.75, 3.05) is 6.61 Å². The molecule has 10 heteroatoms. The third kappa shape index (κ3) is 5.92.